The van der Waals surface area contributed by atoms with E-state index in [9.17, 15) is 0 Å². The number of benzene rings is 4. The minimum Gasteiger partial charge on any atom is -1.00 e. The van der Waals surface area contributed by atoms with E-state index in [1.165, 1.54) is 66.8 Å². The zero-order valence-corrected chi connectivity index (χ0v) is 32.2. The molecule has 0 spiro atoms. The molecule has 2 aromatic heterocycles. The molecule has 0 N–H and O–H groups in total. The van der Waals surface area contributed by atoms with Gasteiger partial charge in [0.05, 0.1) is 0 Å². The Kier molecular flexibility index (Phi) is 10.6. The Morgan fingerprint density at radius 3 is 1.27 bits per heavy atom. The number of hydrogen-bond acceptors (Lipinski definition) is 2. The predicted octanol–water partition coefficient (Wildman–Crippen LogP) is 5.93. The summed E-state index contributed by atoms with van der Waals surface area (Å²) >= 11 is -1.29. The monoisotopic (exact) mass is 758 g/mol. The van der Waals surface area contributed by atoms with Crippen LogP contribution in [0.3, 0.4) is 0 Å². The van der Waals surface area contributed by atoms with Gasteiger partial charge in [-0.15, -0.1) is 0 Å². The third-order valence-corrected chi connectivity index (χ3v) is 14.5. The molecule has 244 valence electrons. The molecule has 0 bridgehead atoms. The van der Waals surface area contributed by atoms with Crippen LogP contribution in [0.1, 0.15) is 77.5 Å². The van der Waals surface area contributed by atoms with Crippen LogP contribution in [0.15, 0.2) is 118 Å². The molecule has 49 heavy (non-hydrogen) atoms. The molecule has 2 nitrogen and oxygen atoms in total. The van der Waals surface area contributed by atoms with E-state index in [-0.39, 0.29) is 24.8 Å². The van der Waals surface area contributed by atoms with E-state index in [1.54, 1.807) is 0 Å². The SMILES string of the molecule is CCc1ccc(-c2cccc3c2C=C(c2ccc(C)o2)[CH]3[Zr+2][CH]2C(c3ccc(C)o3)=Cc3c(-c4ccc(CC)cc4)cccc32)cc1.[Cl-].[Cl-]. The summed E-state index contributed by atoms with van der Waals surface area (Å²) in [6.45, 7) is 8.52. The van der Waals surface area contributed by atoms with Crippen molar-refractivity contribution in [1.29, 1.82) is 0 Å². The van der Waals surface area contributed by atoms with Gasteiger partial charge in [0.1, 0.15) is 0 Å². The van der Waals surface area contributed by atoms with Crippen molar-refractivity contribution in [1.82, 2.24) is 0 Å². The van der Waals surface area contributed by atoms with Crippen LogP contribution in [0, 0.1) is 13.8 Å². The van der Waals surface area contributed by atoms with E-state index < -0.39 is 23.2 Å². The second kappa shape index (κ2) is 14.7. The molecule has 2 atom stereocenters. The Morgan fingerprint density at radius 1 is 0.510 bits per heavy atom. The van der Waals surface area contributed by atoms with Gasteiger partial charge in [0.15, 0.2) is 0 Å². The molecule has 2 unspecified atom stereocenters. The van der Waals surface area contributed by atoms with Crippen molar-refractivity contribution in [2.24, 2.45) is 0 Å². The third-order valence-electron chi connectivity index (χ3n) is 9.85. The van der Waals surface area contributed by atoms with Crippen LogP contribution in [-0.2, 0) is 36.1 Å². The molecule has 0 radical (unpaired) electrons. The normalized spacial score (nSPS) is 15.8. The minimum atomic E-state index is -1.29. The van der Waals surface area contributed by atoms with Crippen LogP contribution < -0.4 is 24.8 Å². The zero-order chi connectivity index (χ0) is 32.1. The summed E-state index contributed by atoms with van der Waals surface area (Å²) in [5.41, 5.74) is 16.1. The van der Waals surface area contributed by atoms with Gasteiger partial charge in [-0.05, 0) is 0 Å². The average Bonchev–Trinajstić information content (AvgIpc) is 3.90. The van der Waals surface area contributed by atoms with E-state index in [1.807, 2.05) is 13.8 Å². The van der Waals surface area contributed by atoms with Crippen LogP contribution in [0.25, 0.3) is 45.6 Å². The molecular weight excluding hydrogens is 723 g/mol. The number of allylic oxidation sites excluding steroid dienone is 2. The van der Waals surface area contributed by atoms with Crippen LogP contribution in [0.5, 0.6) is 0 Å². The molecular formula is C44H38Cl2O2Zr. The van der Waals surface area contributed by atoms with Crippen molar-refractivity contribution >= 4 is 23.3 Å². The number of hydrogen-bond donors (Lipinski definition) is 0. The molecule has 2 aliphatic carbocycles. The van der Waals surface area contributed by atoms with Gasteiger partial charge in [-0.3, -0.25) is 0 Å². The van der Waals surface area contributed by atoms with Gasteiger partial charge in [-0.2, -0.15) is 0 Å². The van der Waals surface area contributed by atoms with E-state index in [4.69, 9.17) is 8.83 Å². The van der Waals surface area contributed by atoms with Gasteiger partial charge < -0.3 is 24.8 Å². The minimum absolute atomic E-state index is 0. The third kappa shape index (κ3) is 6.54. The van der Waals surface area contributed by atoms with Crippen molar-refractivity contribution in [3.8, 4) is 22.3 Å². The Labute approximate surface area is 313 Å². The van der Waals surface area contributed by atoms with Gasteiger partial charge in [0.25, 0.3) is 0 Å². The topological polar surface area (TPSA) is 26.3 Å². The summed E-state index contributed by atoms with van der Waals surface area (Å²) in [5.74, 6) is 3.90. The van der Waals surface area contributed by atoms with Crippen molar-refractivity contribution in [3.63, 3.8) is 0 Å². The number of rotatable bonds is 8. The first-order valence-corrected chi connectivity index (χ1v) is 19.6. The quantitative estimate of drug-likeness (QED) is 0.193. The van der Waals surface area contributed by atoms with Crippen molar-refractivity contribution in [2.75, 3.05) is 0 Å². The maximum atomic E-state index is 6.38. The van der Waals surface area contributed by atoms with Gasteiger partial charge in [-0.25, -0.2) is 0 Å². The van der Waals surface area contributed by atoms with Crippen LogP contribution in [-0.4, -0.2) is 0 Å². The molecule has 8 rings (SSSR count). The summed E-state index contributed by atoms with van der Waals surface area (Å²) in [6.07, 6.45) is 6.96. The average molecular weight is 761 g/mol. The molecule has 0 saturated carbocycles. The number of fused-ring (bicyclic) bond motifs is 2. The summed E-state index contributed by atoms with van der Waals surface area (Å²) in [5, 5.41) is 0. The number of furan rings is 2. The summed E-state index contributed by atoms with van der Waals surface area (Å²) in [4.78, 5) is 0. The van der Waals surface area contributed by atoms with Crippen LogP contribution in [0.2, 0.25) is 0 Å². The van der Waals surface area contributed by atoms with Crippen LogP contribution >= 0.6 is 0 Å². The fourth-order valence-electron chi connectivity index (χ4n) is 7.28. The molecule has 6 aromatic rings. The predicted molar refractivity (Wildman–Crippen MR) is 191 cm³/mol. The largest absolute Gasteiger partial charge is 1.00 e. The van der Waals surface area contributed by atoms with E-state index in [0.29, 0.717) is 7.25 Å². The Bertz CT molecular complexity index is 2010. The fraction of sp³-hybridized carbons (Fsp3) is 0.182. The Hall–Kier alpha value is -3.62. The molecule has 2 aliphatic rings. The van der Waals surface area contributed by atoms with Gasteiger partial charge >= 0.3 is 291 Å². The summed E-state index contributed by atoms with van der Waals surface area (Å²) in [7, 11) is 0. The molecule has 2 heterocycles. The Balaban J connectivity index is 0.00000208. The summed E-state index contributed by atoms with van der Waals surface area (Å²) < 4.78 is 13.4. The fourth-order valence-corrected chi connectivity index (χ4v) is 12.2. The smallest absolute Gasteiger partial charge is 1.00 e. The first-order valence-electron chi connectivity index (χ1n) is 16.8. The standard InChI is InChI=1S/2C22H19O.2ClH.Zr/c2*1-3-16-8-10-17(11-9-16)20-6-4-5-18-13-19(14-21(18)20)22-12-7-15(2)23-22;;;/h2*4-14H,3H2,1-2H3;2*1H;/q;;;;+2/p-2. The maximum absolute atomic E-state index is 6.38. The van der Waals surface area contributed by atoms with Gasteiger partial charge in [-0.1, -0.05) is 0 Å². The second-order valence-corrected chi connectivity index (χ2v) is 16.4. The molecule has 0 saturated heterocycles. The molecule has 0 aliphatic heterocycles. The van der Waals surface area contributed by atoms with Gasteiger partial charge in [0, 0.05) is 0 Å². The second-order valence-electron chi connectivity index (χ2n) is 12.8. The van der Waals surface area contributed by atoms with Crippen molar-refractivity contribution in [3.05, 3.63) is 166 Å². The van der Waals surface area contributed by atoms with Crippen LogP contribution in [0.4, 0.5) is 0 Å². The molecule has 5 heteroatoms. The number of aryl methyl sites for hydroxylation is 4. The van der Waals surface area contributed by atoms with E-state index >= 15 is 0 Å². The molecule has 0 amide bonds. The Morgan fingerprint density at radius 2 is 0.918 bits per heavy atom. The van der Waals surface area contributed by atoms with Crippen molar-refractivity contribution < 1.29 is 56.9 Å². The maximum Gasteiger partial charge on any atom is -1.00 e. The first kappa shape index (κ1) is 35.2. The molecule has 0 fully saturated rings. The first-order chi connectivity index (χ1) is 23.0. The molecule has 4 aromatic carbocycles. The van der Waals surface area contributed by atoms with Gasteiger partial charge in [0.2, 0.25) is 0 Å². The zero-order valence-electron chi connectivity index (χ0n) is 28.2. The van der Waals surface area contributed by atoms with E-state index in [0.717, 1.165) is 35.9 Å². The number of halogens is 2. The van der Waals surface area contributed by atoms with E-state index in [2.05, 4.69) is 135 Å². The van der Waals surface area contributed by atoms with Crippen molar-refractivity contribution in [2.45, 2.75) is 47.8 Å². The summed E-state index contributed by atoms with van der Waals surface area (Å²) in [6, 6.07) is 40.6.